The fraction of sp³-hybridized carbons (Fsp3) is 0.647. The molecule has 1 aliphatic carbocycles. The number of ether oxygens (including phenoxy) is 1. The first-order valence-corrected chi connectivity index (χ1v) is 7.76. The van der Waals surface area contributed by atoms with Crippen LogP contribution in [0.4, 0.5) is 13.2 Å². The van der Waals surface area contributed by atoms with Gasteiger partial charge >= 0.3 is 6.18 Å². The van der Waals surface area contributed by atoms with Crippen LogP contribution in [0.25, 0.3) is 0 Å². The van der Waals surface area contributed by atoms with E-state index in [4.69, 9.17) is 4.74 Å². The Hall–Kier alpha value is -1.07. The summed E-state index contributed by atoms with van der Waals surface area (Å²) in [5, 5.41) is 3.59. The standard InChI is InChI=1S/C17H22F3NO/c1-10(11-4-6-12(7-5-11)17(18,19)20)21-14-13-8-9-22-15(13)16(14,2)3/h4-7,10,13-15,21H,8-9H2,1-3H3/t10-,13+,14+,15-/m0/s1. The zero-order chi connectivity index (χ0) is 16.1. The van der Waals surface area contributed by atoms with Gasteiger partial charge in [-0.2, -0.15) is 13.2 Å². The van der Waals surface area contributed by atoms with E-state index in [0.717, 1.165) is 30.7 Å². The Morgan fingerprint density at radius 3 is 2.45 bits per heavy atom. The molecule has 2 nitrogen and oxygen atoms in total. The first-order chi connectivity index (χ1) is 10.2. The number of nitrogens with one attached hydrogen (secondary N) is 1. The van der Waals surface area contributed by atoms with Crippen molar-refractivity contribution in [2.75, 3.05) is 6.61 Å². The molecule has 0 unspecified atom stereocenters. The summed E-state index contributed by atoms with van der Waals surface area (Å²) >= 11 is 0. The first kappa shape index (κ1) is 15.8. The summed E-state index contributed by atoms with van der Waals surface area (Å²) in [4.78, 5) is 0. The topological polar surface area (TPSA) is 21.3 Å². The summed E-state index contributed by atoms with van der Waals surface area (Å²) in [6.45, 7) is 7.20. The maximum Gasteiger partial charge on any atom is 0.416 e. The van der Waals surface area contributed by atoms with E-state index in [1.807, 2.05) is 6.92 Å². The van der Waals surface area contributed by atoms with E-state index >= 15 is 0 Å². The maximum atomic E-state index is 12.6. The van der Waals surface area contributed by atoms with E-state index < -0.39 is 11.7 Å². The molecular weight excluding hydrogens is 291 g/mol. The van der Waals surface area contributed by atoms with Crippen LogP contribution in [0.5, 0.6) is 0 Å². The minimum absolute atomic E-state index is 0.0214. The number of benzene rings is 1. The van der Waals surface area contributed by atoms with Crippen LogP contribution in [-0.2, 0) is 10.9 Å². The van der Waals surface area contributed by atoms with Crippen molar-refractivity contribution in [1.29, 1.82) is 0 Å². The third-order valence-corrected chi connectivity index (χ3v) is 5.27. The molecule has 0 radical (unpaired) electrons. The molecule has 1 saturated heterocycles. The quantitative estimate of drug-likeness (QED) is 0.904. The van der Waals surface area contributed by atoms with Crippen LogP contribution in [0.1, 0.15) is 44.4 Å². The second-order valence-corrected chi connectivity index (χ2v) is 7.05. The molecule has 1 heterocycles. The largest absolute Gasteiger partial charge is 0.416 e. The van der Waals surface area contributed by atoms with E-state index in [9.17, 15) is 13.2 Å². The van der Waals surface area contributed by atoms with Gasteiger partial charge in [0.1, 0.15) is 0 Å². The Kier molecular flexibility index (Phi) is 3.76. The van der Waals surface area contributed by atoms with Crippen LogP contribution < -0.4 is 5.32 Å². The first-order valence-electron chi connectivity index (χ1n) is 7.76. The number of alkyl halides is 3. The van der Waals surface area contributed by atoms with Gasteiger partial charge < -0.3 is 10.1 Å². The molecule has 0 amide bonds. The molecule has 2 aliphatic rings. The van der Waals surface area contributed by atoms with Crippen LogP contribution in [-0.4, -0.2) is 18.8 Å². The molecule has 1 aromatic carbocycles. The third-order valence-electron chi connectivity index (χ3n) is 5.27. The summed E-state index contributed by atoms with van der Waals surface area (Å²) < 4.78 is 43.6. The summed E-state index contributed by atoms with van der Waals surface area (Å²) in [5.74, 6) is 0.520. The van der Waals surface area contributed by atoms with E-state index in [1.165, 1.54) is 0 Å². The minimum atomic E-state index is -4.28. The monoisotopic (exact) mass is 313 g/mol. The number of hydrogen-bond acceptors (Lipinski definition) is 2. The minimum Gasteiger partial charge on any atom is -0.377 e. The van der Waals surface area contributed by atoms with Gasteiger partial charge in [0.15, 0.2) is 0 Å². The Bertz CT molecular complexity index is 538. The Morgan fingerprint density at radius 1 is 1.23 bits per heavy atom. The molecular formula is C17H22F3NO. The highest BCUT2D eigenvalue weighted by molar-refractivity contribution is 5.27. The van der Waals surface area contributed by atoms with Gasteiger partial charge in [-0.3, -0.25) is 0 Å². The van der Waals surface area contributed by atoms with Gasteiger partial charge in [0.05, 0.1) is 11.7 Å². The zero-order valence-electron chi connectivity index (χ0n) is 13.1. The molecule has 3 rings (SSSR count). The van der Waals surface area contributed by atoms with Crippen molar-refractivity contribution >= 4 is 0 Å². The second kappa shape index (κ2) is 5.24. The van der Waals surface area contributed by atoms with Gasteiger partial charge in [-0.25, -0.2) is 0 Å². The molecule has 5 heteroatoms. The molecule has 22 heavy (non-hydrogen) atoms. The number of fused-ring (bicyclic) bond motifs is 1. The van der Waals surface area contributed by atoms with Gasteiger partial charge in [-0.15, -0.1) is 0 Å². The lowest BCUT2D eigenvalue weighted by Crippen LogP contribution is -2.66. The average molecular weight is 313 g/mol. The number of halogens is 3. The molecule has 0 aromatic heterocycles. The molecule has 0 bridgehead atoms. The molecule has 1 aliphatic heterocycles. The van der Waals surface area contributed by atoms with Crippen molar-refractivity contribution in [3.63, 3.8) is 0 Å². The molecule has 1 aromatic rings. The van der Waals surface area contributed by atoms with Crippen molar-refractivity contribution in [1.82, 2.24) is 5.32 Å². The third kappa shape index (κ3) is 2.54. The van der Waals surface area contributed by atoms with Crippen LogP contribution in [0.3, 0.4) is 0 Å². The lowest BCUT2D eigenvalue weighted by atomic mass is 9.57. The van der Waals surface area contributed by atoms with Crippen molar-refractivity contribution in [3.05, 3.63) is 35.4 Å². The summed E-state index contributed by atoms with van der Waals surface area (Å²) in [7, 11) is 0. The Labute approximate surface area is 129 Å². The highest BCUT2D eigenvalue weighted by Gasteiger charge is 2.59. The predicted octanol–water partition coefficient (Wildman–Crippen LogP) is 4.17. The molecule has 122 valence electrons. The van der Waals surface area contributed by atoms with Crippen LogP contribution in [0, 0.1) is 11.3 Å². The molecule has 0 spiro atoms. The fourth-order valence-corrected chi connectivity index (χ4v) is 3.99. The van der Waals surface area contributed by atoms with E-state index in [1.54, 1.807) is 12.1 Å². The SMILES string of the molecule is C[C@H](N[C@@H]1[C@H]2CCO[C@@H]2C1(C)C)c1ccc(C(F)(F)F)cc1. The predicted molar refractivity (Wildman–Crippen MR) is 78.4 cm³/mol. The van der Waals surface area contributed by atoms with E-state index in [2.05, 4.69) is 19.2 Å². The second-order valence-electron chi connectivity index (χ2n) is 7.05. The Balaban J connectivity index is 1.68. The van der Waals surface area contributed by atoms with E-state index in [-0.39, 0.29) is 11.5 Å². The van der Waals surface area contributed by atoms with Crippen molar-refractivity contribution in [2.24, 2.45) is 11.3 Å². The summed E-state index contributed by atoms with van der Waals surface area (Å²) in [6.07, 6.45) is -2.91. The highest BCUT2D eigenvalue weighted by atomic mass is 19.4. The number of rotatable bonds is 3. The van der Waals surface area contributed by atoms with Crippen molar-refractivity contribution < 1.29 is 17.9 Å². The van der Waals surface area contributed by atoms with E-state index in [0.29, 0.717) is 18.1 Å². The summed E-state index contributed by atoms with van der Waals surface area (Å²) in [6, 6.07) is 5.80. The fourth-order valence-electron chi connectivity index (χ4n) is 3.99. The molecule has 2 fully saturated rings. The van der Waals surface area contributed by atoms with Gasteiger partial charge in [-0.05, 0) is 31.0 Å². The maximum absolute atomic E-state index is 12.6. The average Bonchev–Trinajstić information content (AvgIpc) is 2.90. The van der Waals surface area contributed by atoms with Crippen LogP contribution >= 0.6 is 0 Å². The smallest absolute Gasteiger partial charge is 0.377 e. The van der Waals surface area contributed by atoms with Gasteiger partial charge in [-0.1, -0.05) is 26.0 Å². The molecule has 4 atom stereocenters. The van der Waals surface area contributed by atoms with Gasteiger partial charge in [0, 0.05) is 30.0 Å². The summed E-state index contributed by atoms with van der Waals surface area (Å²) in [5.41, 5.74) is 0.351. The number of hydrogen-bond donors (Lipinski definition) is 1. The van der Waals surface area contributed by atoms with Crippen LogP contribution in [0.2, 0.25) is 0 Å². The molecule has 1 saturated carbocycles. The lowest BCUT2D eigenvalue weighted by Gasteiger charge is -2.55. The normalized spacial score (nSPS) is 31.5. The van der Waals surface area contributed by atoms with Gasteiger partial charge in [0.25, 0.3) is 0 Å². The van der Waals surface area contributed by atoms with Crippen LogP contribution in [0.15, 0.2) is 24.3 Å². The Morgan fingerprint density at radius 2 is 1.86 bits per heavy atom. The lowest BCUT2D eigenvalue weighted by molar-refractivity contribution is -0.137. The van der Waals surface area contributed by atoms with Gasteiger partial charge in [0.2, 0.25) is 0 Å². The zero-order valence-corrected chi connectivity index (χ0v) is 13.1. The molecule has 1 N–H and O–H groups in total. The van der Waals surface area contributed by atoms with Crippen molar-refractivity contribution in [3.8, 4) is 0 Å². The van der Waals surface area contributed by atoms with Crippen molar-refractivity contribution in [2.45, 2.75) is 51.6 Å². The highest BCUT2D eigenvalue weighted by Crippen LogP contribution is 2.52.